The maximum atomic E-state index is 12.0. The predicted octanol–water partition coefficient (Wildman–Crippen LogP) is 1.27. The molecule has 0 aromatic heterocycles. The van der Waals surface area contributed by atoms with Gasteiger partial charge in [-0.05, 0) is 47.1 Å². The van der Waals surface area contributed by atoms with Crippen LogP contribution in [0.2, 0.25) is 0 Å². The topological polar surface area (TPSA) is 78.4 Å². The van der Waals surface area contributed by atoms with Gasteiger partial charge in [-0.3, -0.25) is 9.89 Å². The van der Waals surface area contributed by atoms with Gasteiger partial charge in [0.1, 0.15) is 5.60 Å². The van der Waals surface area contributed by atoms with Gasteiger partial charge >= 0.3 is 6.09 Å². The maximum Gasteiger partial charge on any atom is 0.410 e. The fraction of sp³-hybridized carbons (Fsp3) is 0.895. The molecular formula is C19H37N5O3. The van der Waals surface area contributed by atoms with Crippen LogP contribution in [0.15, 0.2) is 4.99 Å². The smallest absolute Gasteiger partial charge is 0.410 e. The molecular weight excluding hydrogens is 346 g/mol. The van der Waals surface area contributed by atoms with Crippen molar-refractivity contribution in [3.63, 3.8) is 0 Å². The number of hydrogen-bond donors (Lipinski definition) is 2. The van der Waals surface area contributed by atoms with Crippen molar-refractivity contribution in [3.05, 3.63) is 0 Å². The van der Waals surface area contributed by atoms with Crippen molar-refractivity contribution < 1.29 is 14.3 Å². The highest BCUT2D eigenvalue weighted by Gasteiger charge is 2.34. The second kappa shape index (κ2) is 10.1. The van der Waals surface area contributed by atoms with Crippen molar-refractivity contribution in [2.75, 3.05) is 53.0 Å². The molecule has 0 bridgehead atoms. The number of likely N-dealkylation sites (tertiary alicyclic amines) is 2. The first-order chi connectivity index (χ1) is 12.8. The Morgan fingerprint density at radius 3 is 2.67 bits per heavy atom. The number of hydrogen-bond acceptors (Lipinski definition) is 5. The third-order valence-electron chi connectivity index (χ3n) is 4.76. The average Bonchev–Trinajstić information content (AvgIpc) is 2.98. The summed E-state index contributed by atoms with van der Waals surface area (Å²) < 4.78 is 10.6. The van der Waals surface area contributed by atoms with E-state index in [0.29, 0.717) is 19.1 Å². The Morgan fingerprint density at radius 2 is 2.04 bits per heavy atom. The zero-order valence-corrected chi connectivity index (χ0v) is 17.6. The summed E-state index contributed by atoms with van der Waals surface area (Å²) in [5.41, 5.74) is -0.456. The van der Waals surface area contributed by atoms with Gasteiger partial charge in [0.2, 0.25) is 0 Å². The zero-order valence-electron chi connectivity index (χ0n) is 17.6. The molecule has 0 aliphatic carbocycles. The molecule has 2 aliphatic rings. The summed E-state index contributed by atoms with van der Waals surface area (Å²) in [7, 11) is 1.75. The van der Waals surface area contributed by atoms with Gasteiger partial charge in [-0.2, -0.15) is 0 Å². The minimum atomic E-state index is -0.456. The molecule has 156 valence electrons. The van der Waals surface area contributed by atoms with Crippen LogP contribution >= 0.6 is 0 Å². The predicted molar refractivity (Wildman–Crippen MR) is 107 cm³/mol. The van der Waals surface area contributed by atoms with Crippen LogP contribution in [-0.4, -0.2) is 92.5 Å². The van der Waals surface area contributed by atoms with Gasteiger partial charge in [0.25, 0.3) is 0 Å². The Labute approximate surface area is 163 Å². The fourth-order valence-corrected chi connectivity index (χ4v) is 3.36. The Balaban J connectivity index is 1.78. The van der Waals surface area contributed by atoms with E-state index in [9.17, 15) is 4.79 Å². The van der Waals surface area contributed by atoms with Crippen LogP contribution in [0.3, 0.4) is 0 Å². The first kappa shape index (κ1) is 21.8. The summed E-state index contributed by atoms with van der Waals surface area (Å²) in [6, 6.07) is 0.693. The number of nitrogens with one attached hydrogen (secondary N) is 2. The first-order valence-corrected chi connectivity index (χ1v) is 10.1. The monoisotopic (exact) mass is 383 g/mol. The third-order valence-corrected chi connectivity index (χ3v) is 4.76. The van der Waals surface area contributed by atoms with Crippen molar-refractivity contribution in [3.8, 4) is 0 Å². The molecule has 0 radical (unpaired) electrons. The Hall–Kier alpha value is -1.54. The number of nitrogens with zero attached hydrogens (tertiary/aromatic N) is 3. The van der Waals surface area contributed by atoms with Crippen molar-refractivity contribution in [2.24, 2.45) is 4.99 Å². The highest BCUT2D eigenvalue weighted by molar-refractivity contribution is 5.80. The van der Waals surface area contributed by atoms with Gasteiger partial charge in [-0.15, -0.1) is 0 Å². The summed E-state index contributed by atoms with van der Waals surface area (Å²) in [6.07, 6.45) is 2.16. The van der Waals surface area contributed by atoms with Crippen molar-refractivity contribution in [1.82, 2.24) is 20.4 Å². The van der Waals surface area contributed by atoms with E-state index in [2.05, 4.69) is 22.5 Å². The minimum Gasteiger partial charge on any atom is -0.444 e. The lowest BCUT2D eigenvalue weighted by molar-refractivity contribution is 0.00700. The van der Waals surface area contributed by atoms with E-state index in [0.717, 1.165) is 38.7 Å². The molecule has 0 aromatic carbocycles. The Kier molecular flexibility index (Phi) is 8.16. The van der Waals surface area contributed by atoms with Crippen LogP contribution in [0, 0.1) is 0 Å². The highest BCUT2D eigenvalue weighted by Crippen LogP contribution is 2.17. The third kappa shape index (κ3) is 7.18. The summed E-state index contributed by atoms with van der Waals surface area (Å²) in [5, 5.41) is 6.74. The molecule has 2 N–H and O–H groups in total. The van der Waals surface area contributed by atoms with Gasteiger partial charge < -0.3 is 25.0 Å². The number of aliphatic imine (C=N–C) groups is 1. The number of guanidine groups is 1. The van der Waals surface area contributed by atoms with Crippen LogP contribution < -0.4 is 10.6 Å². The van der Waals surface area contributed by atoms with E-state index >= 15 is 0 Å². The quantitative estimate of drug-likeness (QED) is 0.509. The lowest BCUT2D eigenvalue weighted by Gasteiger charge is -2.40. The number of methoxy groups -OCH3 is 1. The van der Waals surface area contributed by atoms with Crippen LogP contribution in [0.4, 0.5) is 4.79 Å². The first-order valence-electron chi connectivity index (χ1n) is 10.1. The second-order valence-corrected chi connectivity index (χ2v) is 8.27. The van der Waals surface area contributed by atoms with Crippen LogP contribution in [0.25, 0.3) is 0 Å². The number of ether oxygens (including phenoxy) is 2. The Bertz CT molecular complexity index is 500. The summed E-state index contributed by atoms with van der Waals surface area (Å²) >= 11 is 0. The van der Waals surface area contributed by atoms with Crippen LogP contribution in [0.1, 0.15) is 40.5 Å². The van der Waals surface area contributed by atoms with E-state index in [1.54, 1.807) is 12.0 Å². The molecule has 2 fully saturated rings. The minimum absolute atomic E-state index is 0.212. The number of rotatable bonds is 7. The molecule has 2 saturated heterocycles. The number of carbonyl (C=O) groups excluding carboxylic acids is 1. The van der Waals surface area contributed by atoms with Gasteiger partial charge in [-0.25, -0.2) is 4.79 Å². The largest absolute Gasteiger partial charge is 0.444 e. The van der Waals surface area contributed by atoms with E-state index in [4.69, 9.17) is 14.5 Å². The zero-order chi connectivity index (χ0) is 19.9. The van der Waals surface area contributed by atoms with Crippen LogP contribution in [0.5, 0.6) is 0 Å². The average molecular weight is 384 g/mol. The van der Waals surface area contributed by atoms with E-state index in [-0.39, 0.29) is 12.1 Å². The molecule has 2 aliphatic heterocycles. The van der Waals surface area contributed by atoms with Crippen LogP contribution in [-0.2, 0) is 9.47 Å². The Morgan fingerprint density at radius 1 is 1.30 bits per heavy atom. The molecule has 8 heteroatoms. The molecule has 0 aromatic rings. The molecule has 1 unspecified atom stereocenters. The lowest BCUT2D eigenvalue weighted by atomic mass is 10.1. The number of amides is 1. The van der Waals surface area contributed by atoms with Crippen molar-refractivity contribution in [2.45, 2.75) is 58.2 Å². The highest BCUT2D eigenvalue weighted by atomic mass is 16.6. The summed E-state index contributed by atoms with van der Waals surface area (Å²) in [5.74, 6) is 0.824. The summed E-state index contributed by atoms with van der Waals surface area (Å²) in [4.78, 5) is 21.0. The molecule has 8 nitrogen and oxygen atoms in total. The molecule has 1 atom stereocenters. The van der Waals surface area contributed by atoms with Crippen molar-refractivity contribution >= 4 is 12.1 Å². The molecule has 2 heterocycles. The van der Waals surface area contributed by atoms with Gasteiger partial charge in [0.15, 0.2) is 5.96 Å². The molecule has 1 amide bonds. The van der Waals surface area contributed by atoms with E-state index in [1.807, 2.05) is 20.8 Å². The second-order valence-electron chi connectivity index (χ2n) is 8.27. The van der Waals surface area contributed by atoms with Crippen molar-refractivity contribution in [1.29, 1.82) is 0 Å². The molecule has 0 spiro atoms. The van der Waals surface area contributed by atoms with Gasteiger partial charge in [0, 0.05) is 39.3 Å². The maximum absolute atomic E-state index is 12.0. The van der Waals surface area contributed by atoms with E-state index in [1.165, 1.54) is 12.8 Å². The SMILES string of the molecule is CCNC(=NCC1CCCN1CCOC)NC1CN(C(=O)OC(C)(C)C)C1. The molecule has 27 heavy (non-hydrogen) atoms. The van der Waals surface area contributed by atoms with Gasteiger partial charge in [-0.1, -0.05) is 0 Å². The summed E-state index contributed by atoms with van der Waals surface area (Å²) in [6.45, 7) is 13.4. The lowest BCUT2D eigenvalue weighted by Crippen LogP contribution is -2.63. The molecule has 0 saturated carbocycles. The normalized spacial score (nSPS) is 21.9. The van der Waals surface area contributed by atoms with E-state index < -0.39 is 5.60 Å². The fourth-order valence-electron chi connectivity index (χ4n) is 3.36. The van der Waals surface area contributed by atoms with Gasteiger partial charge in [0.05, 0.1) is 19.2 Å². The molecule has 2 rings (SSSR count). The standard InChI is InChI=1S/C19H37N5O3/c1-6-20-17(21-12-16-8-7-9-23(16)10-11-26-5)22-15-13-24(14-15)18(25)27-19(2,3)4/h15-16H,6-14H2,1-5H3,(H2,20,21,22). The number of carbonyl (C=O) groups is 1.